The van der Waals surface area contributed by atoms with Gasteiger partial charge in [0.15, 0.2) is 5.67 Å². The van der Waals surface area contributed by atoms with Gasteiger partial charge >= 0.3 is 22.4 Å². The van der Waals surface area contributed by atoms with Crippen molar-refractivity contribution in [3.05, 3.63) is 93.3 Å². The van der Waals surface area contributed by atoms with E-state index in [1.165, 1.54) is 6.07 Å². The third kappa shape index (κ3) is 5.98. The third-order valence-corrected chi connectivity index (χ3v) is 8.83. The predicted molar refractivity (Wildman–Crippen MR) is 143 cm³/mol. The number of fused-ring (bicyclic) bond motifs is 1. The van der Waals surface area contributed by atoms with E-state index in [0.29, 0.717) is 17.2 Å². The van der Waals surface area contributed by atoms with Gasteiger partial charge in [0.1, 0.15) is 10.5 Å². The molecular weight excluding hydrogens is 657 g/mol. The molecule has 3 aromatic rings. The molecule has 0 spiro atoms. The number of likely N-dealkylation sites (tertiary alicyclic amines) is 1. The molecule has 248 valence electrons. The zero-order valence-corrected chi connectivity index (χ0v) is 25.0. The van der Waals surface area contributed by atoms with Gasteiger partial charge in [0.05, 0.1) is 18.7 Å². The van der Waals surface area contributed by atoms with Gasteiger partial charge in [-0.2, -0.15) is 30.4 Å². The van der Waals surface area contributed by atoms with Crippen molar-refractivity contribution in [2.24, 2.45) is 0 Å². The highest BCUT2D eigenvalue weighted by molar-refractivity contribution is 7.87. The molecule has 5 rings (SSSR count). The van der Waals surface area contributed by atoms with Crippen LogP contribution < -0.4 is 4.18 Å². The highest BCUT2D eigenvalue weighted by atomic mass is 32.2. The van der Waals surface area contributed by atoms with Crippen LogP contribution in [-0.4, -0.2) is 38.1 Å². The first-order valence-corrected chi connectivity index (χ1v) is 15.0. The Morgan fingerprint density at radius 1 is 0.870 bits per heavy atom. The van der Waals surface area contributed by atoms with Crippen molar-refractivity contribution in [1.82, 2.24) is 4.90 Å². The van der Waals surface area contributed by atoms with E-state index in [1.807, 2.05) is 0 Å². The Bertz CT molecular complexity index is 1820. The van der Waals surface area contributed by atoms with Crippen molar-refractivity contribution in [2.45, 2.75) is 61.9 Å². The number of ether oxygens (including phenoxy) is 1. The Morgan fingerprint density at radius 2 is 1.43 bits per heavy atom. The van der Waals surface area contributed by atoms with Crippen molar-refractivity contribution >= 4 is 16.2 Å². The van der Waals surface area contributed by atoms with Gasteiger partial charge in [0.2, 0.25) is 34.8 Å². The number of halogens is 9. The van der Waals surface area contributed by atoms with Crippen LogP contribution in [0.1, 0.15) is 60.9 Å². The van der Waals surface area contributed by atoms with E-state index in [0.717, 1.165) is 29.2 Å². The average molecular weight is 682 g/mol. The largest absolute Gasteiger partial charge is 0.444 e. The van der Waals surface area contributed by atoms with E-state index in [4.69, 9.17) is 4.74 Å². The van der Waals surface area contributed by atoms with E-state index in [2.05, 4.69) is 4.18 Å². The van der Waals surface area contributed by atoms with E-state index >= 15 is 4.39 Å². The number of benzene rings is 3. The first-order chi connectivity index (χ1) is 21.1. The lowest BCUT2D eigenvalue weighted by molar-refractivity contribution is -0.137. The second kappa shape index (κ2) is 11.1. The summed E-state index contributed by atoms with van der Waals surface area (Å²) in [6.07, 6.45) is -5.36. The first-order valence-electron chi connectivity index (χ1n) is 13.6. The average Bonchev–Trinajstić information content (AvgIpc) is 3.37. The fourth-order valence-electron chi connectivity index (χ4n) is 5.50. The summed E-state index contributed by atoms with van der Waals surface area (Å²) < 4.78 is 161. The molecule has 1 fully saturated rings. The van der Waals surface area contributed by atoms with E-state index in [-0.39, 0.29) is 24.0 Å². The van der Waals surface area contributed by atoms with Crippen molar-refractivity contribution in [3.63, 3.8) is 0 Å². The molecule has 3 aromatic carbocycles. The number of amides is 1. The molecule has 0 radical (unpaired) electrons. The molecule has 1 amide bonds. The number of rotatable bonds is 5. The molecule has 0 bridgehead atoms. The molecule has 0 saturated carbocycles. The van der Waals surface area contributed by atoms with Gasteiger partial charge in [-0.25, -0.2) is 22.4 Å². The van der Waals surface area contributed by atoms with Gasteiger partial charge in [0.25, 0.3) is 0 Å². The molecular formula is C30H24F9NO5S. The van der Waals surface area contributed by atoms with Crippen molar-refractivity contribution in [2.75, 3.05) is 13.1 Å². The van der Waals surface area contributed by atoms with Crippen LogP contribution in [0, 0.1) is 29.1 Å². The SMILES string of the molecule is CC(C)(C)OC(=O)N1CC(F)(c2cc(C(F)(F)F)ccc2C2CCc3cc(S(=O)(=O)Oc4c(F)c(F)c(F)c(F)c4F)ccc32)C1. The normalized spacial score (nSPS) is 17.8. The summed E-state index contributed by atoms with van der Waals surface area (Å²) in [5.41, 5.74) is -3.85. The van der Waals surface area contributed by atoms with Crippen molar-refractivity contribution in [3.8, 4) is 5.75 Å². The molecule has 1 unspecified atom stereocenters. The first kappa shape index (κ1) is 33.4. The molecule has 1 aliphatic heterocycles. The van der Waals surface area contributed by atoms with Crippen molar-refractivity contribution < 1.29 is 61.6 Å². The van der Waals surface area contributed by atoms with Crippen LogP contribution in [0.25, 0.3) is 0 Å². The topological polar surface area (TPSA) is 72.9 Å². The van der Waals surface area contributed by atoms with Crippen LogP contribution in [0.3, 0.4) is 0 Å². The minimum Gasteiger partial charge on any atom is -0.444 e. The molecule has 46 heavy (non-hydrogen) atoms. The van der Waals surface area contributed by atoms with Crippen LogP contribution in [0.2, 0.25) is 0 Å². The minimum absolute atomic E-state index is 0.121. The Labute approximate surface area is 256 Å². The summed E-state index contributed by atoms with van der Waals surface area (Å²) in [7, 11) is -5.15. The Hall–Kier alpha value is -3.95. The standard InChI is InChI=1S/C30H24F9NO5S/c1-28(2,3)44-27(41)40-12-29(36,13-40)20-11-15(30(37,38)39)5-8-19(20)18-7-4-14-10-16(6-9-17(14)18)46(42,43)45-26-24(34)22(32)21(31)23(33)25(26)35/h5-6,8-11,18H,4,7,12-13H2,1-3H3. The molecule has 1 atom stereocenters. The van der Waals surface area contributed by atoms with E-state index < -0.39 is 98.0 Å². The summed E-state index contributed by atoms with van der Waals surface area (Å²) in [5.74, 6) is -15.1. The van der Waals surface area contributed by atoms with Crippen LogP contribution in [0.15, 0.2) is 41.3 Å². The zero-order chi connectivity index (χ0) is 34.1. The van der Waals surface area contributed by atoms with Gasteiger partial charge in [-0.1, -0.05) is 12.1 Å². The van der Waals surface area contributed by atoms with Crippen LogP contribution in [0.5, 0.6) is 5.75 Å². The van der Waals surface area contributed by atoms with Crippen LogP contribution >= 0.6 is 0 Å². The maximum atomic E-state index is 16.3. The maximum Gasteiger partial charge on any atom is 0.416 e. The number of alkyl halides is 4. The van der Waals surface area contributed by atoms with Crippen molar-refractivity contribution in [1.29, 1.82) is 0 Å². The lowest BCUT2D eigenvalue weighted by atomic mass is 9.79. The Balaban J connectivity index is 1.48. The minimum atomic E-state index is -5.15. The summed E-state index contributed by atoms with van der Waals surface area (Å²) in [6.45, 7) is 3.62. The number of carbonyl (C=O) groups is 1. The summed E-state index contributed by atoms with van der Waals surface area (Å²) >= 11 is 0. The molecule has 1 saturated heterocycles. The number of nitrogens with zero attached hydrogens (tertiary/aromatic N) is 1. The van der Waals surface area contributed by atoms with Crippen LogP contribution in [-0.2, 0) is 33.1 Å². The molecule has 0 aromatic heterocycles. The lowest BCUT2D eigenvalue weighted by Gasteiger charge is -2.45. The van der Waals surface area contributed by atoms with E-state index in [1.54, 1.807) is 20.8 Å². The number of carbonyl (C=O) groups excluding carboxylic acids is 1. The molecule has 1 aliphatic carbocycles. The summed E-state index contributed by atoms with van der Waals surface area (Å²) in [6, 6.07) is 5.76. The van der Waals surface area contributed by atoms with Crippen LogP contribution in [0.4, 0.5) is 44.3 Å². The quantitative estimate of drug-likeness (QED) is 0.120. The maximum absolute atomic E-state index is 16.3. The molecule has 6 nitrogen and oxygen atoms in total. The number of hydrogen-bond donors (Lipinski definition) is 0. The second-order valence-corrected chi connectivity index (χ2v) is 13.5. The van der Waals surface area contributed by atoms with Gasteiger partial charge in [-0.15, -0.1) is 0 Å². The third-order valence-electron chi connectivity index (χ3n) is 7.62. The Morgan fingerprint density at radius 3 is 2.00 bits per heavy atom. The van der Waals surface area contributed by atoms with Gasteiger partial charge in [-0.05, 0) is 80.1 Å². The predicted octanol–water partition coefficient (Wildman–Crippen LogP) is 7.66. The summed E-state index contributed by atoms with van der Waals surface area (Å²) in [4.78, 5) is 12.7. The van der Waals surface area contributed by atoms with Gasteiger partial charge < -0.3 is 13.8 Å². The highest BCUT2D eigenvalue weighted by Gasteiger charge is 2.51. The highest BCUT2D eigenvalue weighted by Crippen LogP contribution is 2.48. The molecule has 0 N–H and O–H groups in total. The monoisotopic (exact) mass is 681 g/mol. The smallest absolute Gasteiger partial charge is 0.416 e. The molecule has 1 heterocycles. The van der Waals surface area contributed by atoms with Gasteiger partial charge in [0, 0.05) is 5.92 Å². The Kier molecular flexibility index (Phi) is 8.06. The van der Waals surface area contributed by atoms with Gasteiger partial charge in [-0.3, -0.25) is 0 Å². The lowest BCUT2D eigenvalue weighted by Crippen LogP contribution is -2.60. The molecule has 2 aliphatic rings. The van der Waals surface area contributed by atoms with E-state index in [9.17, 15) is 48.3 Å². The number of aryl methyl sites for hydroxylation is 1. The molecule has 16 heteroatoms. The fourth-order valence-corrected chi connectivity index (χ4v) is 6.48. The zero-order valence-electron chi connectivity index (χ0n) is 24.2. The fraction of sp³-hybridized carbons (Fsp3) is 0.367. The number of hydrogen-bond acceptors (Lipinski definition) is 5. The second-order valence-electron chi connectivity index (χ2n) is 12.0. The summed E-state index contributed by atoms with van der Waals surface area (Å²) in [5, 5.41) is 0.